The molecule has 5 heteroatoms. The van der Waals surface area contributed by atoms with E-state index < -0.39 is 0 Å². The fraction of sp³-hybridized carbons (Fsp3) is 0.714. The number of aromatic nitrogens is 1. The average molecular weight is 329 g/mol. The zero-order valence-corrected chi connectivity index (χ0v) is 13.2. The maximum Gasteiger partial charge on any atom is 0.289 e. The molecule has 0 spiro atoms. The van der Waals surface area contributed by atoms with E-state index in [0.29, 0.717) is 23.9 Å². The van der Waals surface area contributed by atoms with Crippen LogP contribution >= 0.6 is 15.9 Å². The van der Waals surface area contributed by atoms with Crippen molar-refractivity contribution in [2.45, 2.75) is 46.0 Å². The number of carbonyl (C=O) groups is 1. The molecule has 1 aliphatic carbocycles. The summed E-state index contributed by atoms with van der Waals surface area (Å²) < 4.78 is 5.35. The van der Waals surface area contributed by atoms with E-state index in [2.05, 4.69) is 26.2 Å². The number of carbonyl (C=O) groups excluding carboxylic acids is 1. The molecule has 1 amide bonds. The molecule has 1 aromatic heterocycles. The van der Waals surface area contributed by atoms with Crippen molar-refractivity contribution in [3.05, 3.63) is 17.3 Å². The van der Waals surface area contributed by atoms with Crippen molar-refractivity contribution < 1.29 is 9.21 Å². The Hall–Kier alpha value is -0.840. The summed E-state index contributed by atoms with van der Waals surface area (Å²) in [6.07, 6.45) is 6.16. The standard InChI is InChI=1S/C14H21BrN2O2/c1-10-12(19-11(2)17-10)13(18)16-9-14(8-15)6-4-3-5-7-14/h3-9H2,1-2H3,(H,16,18). The number of halogens is 1. The summed E-state index contributed by atoms with van der Waals surface area (Å²) >= 11 is 3.61. The molecule has 1 aromatic rings. The minimum atomic E-state index is -0.149. The monoisotopic (exact) mass is 328 g/mol. The minimum absolute atomic E-state index is 0.149. The summed E-state index contributed by atoms with van der Waals surface area (Å²) in [6.45, 7) is 4.26. The highest BCUT2D eigenvalue weighted by molar-refractivity contribution is 9.09. The van der Waals surface area contributed by atoms with Crippen LogP contribution in [-0.2, 0) is 0 Å². The normalized spacial score (nSPS) is 18.3. The third-order valence-corrected chi connectivity index (χ3v) is 5.12. The van der Waals surface area contributed by atoms with Crippen molar-refractivity contribution >= 4 is 21.8 Å². The number of amides is 1. The van der Waals surface area contributed by atoms with Crippen molar-refractivity contribution in [2.75, 3.05) is 11.9 Å². The lowest BCUT2D eigenvalue weighted by Gasteiger charge is -2.35. The number of nitrogens with one attached hydrogen (secondary N) is 1. The fourth-order valence-electron chi connectivity index (χ4n) is 2.75. The summed E-state index contributed by atoms with van der Waals surface area (Å²) in [7, 11) is 0. The van der Waals surface area contributed by atoms with Gasteiger partial charge in [0.15, 0.2) is 5.89 Å². The molecule has 0 saturated heterocycles. The Kier molecular flexibility index (Phi) is 4.66. The second-order valence-electron chi connectivity index (χ2n) is 5.52. The maximum absolute atomic E-state index is 12.1. The topological polar surface area (TPSA) is 55.1 Å². The van der Waals surface area contributed by atoms with Gasteiger partial charge in [0.1, 0.15) is 0 Å². The van der Waals surface area contributed by atoms with Gasteiger partial charge in [-0.05, 0) is 25.2 Å². The molecule has 1 aliphatic rings. The van der Waals surface area contributed by atoms with Gasteiger partial charge in [0.05, 0.1) is 5.69 Å². The second-order valence-corrected chi connectivity index (χ2v) is 6.09. The van der Waals surface area contributed by atoms with E-state index in [9.17, 15) is 4.79 Å². The predicted molar refractivity (Wildman–Crippen MR) is 77.6 cm³/mol. The van der Waals surface area contributed by atoms with Gasteiger partial charge in [-0.1, -0.05) is 35.2 Å². The van der Waals surface area contributed by atoms with Gasteiger partial charge in [-0.15, -0.1) is 0 Å². The van der Waals surface area contributed by atoms with E-state index in [-0.39, 0.29) is 11.3 Å². The molecule has 0 aliphatic heterocycles. The highest BCUT2D eigenvalue weighted by Crippen LogP contribution is 2.37. The molecular formula is C14H21BrN2O2. The van der Waals surface area contributed by atoms with Crippen LogP contribution in [0, 0.1) is 19.3 Å². The van der Waals surface area contributed by atoms with Crippen molar-refractivity contribution in [3.8, 4) is 0 Å². The zero-order chi connectivity index (χ0) is 13.9. The van der Waals surface area contributed by atoms with Crippen molar-refractivity contribution in [3.63, 3.8) is 0 Å². The van der Waals surface area contributed by atoms with E-state index in [1.165, 1.54) is 32.1 Å². The lowest BCUT2D eigenvalue weighted by Crippen LogP contribution is -2.40. The first-order valence-electron chi connectivity index (χ1n) is 6.84. The third kappa shape index (κ3) is 3.38. The first-order valence-corrected chi connectivity index (χ1v) is 7.97. The highest BCUT2D eigenvalue weighted by Gasteiger charge is 2.31. The molecule has 0 atom stereocenters. The van der Waals surface area contributed by atoms with Crippen LogP contribution < -0.4 is 5.32 Å². The van der Waals surface area contributed by atoms with Crippen LogP contribution in [0.15, 0.2) is 4.42 Å². The SMILES string of the molecule is Cc1nc(C)c(C(=O)NCC2(CBr)CCCCC2)o1. The summed E-state index contributed by atoms with van der Waals surface area (Å²) in [5.74, 6) is 0.734. The Morgan fingerprint density at radius 1 is 1.37 bits per heavy atom. The maximum atomic E-state index is 12.1. The molecule has 2 rings (SSSR count). The zero-order valence-electron chi connectivity index (χ0n) is 11.6. The largest absolute Gasteiger partial charge is 0.436 e. The number of alkyl halides is 1. The Bertz CT molecular complexity index is 450. The van der Waals surface area contributed by atoms with Gasteiger partial charge >= 0.3 is 0 Å². The van der Waals surface area contributed by atoms with Gasteiger partial charge in [0, 0.05) is 18.8 Å². The smallest absolute Gasteiger partial charge is 0.289 e. The fourth-order valence-corrected chi connectivity index (χ4v) is 3.51. The molecule has 4 nitrogen and oxygen atoms in total. The van der Waals surface area contributed by atoms with Crippen molar-refractivity contribution in [2.24, 2.45) is 5.41 Å². The van der Waals surface area contributed by atoms with E-state index in [1.54, 1.807) is 13.8 Å². The Morgan fingerprint density at radius 2 is 2.05 bits per heavy atom. The van der Waals surface area contributed by atoms with Crippen LogP contribution in [0.5, 0.6) is 0 Å². The molecule has 0 bridgehead atoms. The molecule has 106 valence electrons. The summed E-state index contributed by atoms with van der Waals surface area (Å²) in [5.41, 5.74) is 0.864. The summed E-state index contributed by atoms with van der Waals surface area (Å²) in [5, 5.41) is 3.95. The van der Waals surface area contributed by atoms with Crippen LogP contribution in [0.1, 0.15) is 54.2 Å². The van der Waals surface area contributed by atoms with Gasteiger partial charge in [-0.2, -0.15) is 0 Å². The average Bonchev–Trinajstić information content (AvgIpc) is 2.76. The number of hydrogen-bond donors (Lipinski definition) is 1. The van der Waals surface area contributed by atoms with E-state index >= 15 is 0 Å². The van der Waals surface area contributed by atoms with Crippen LogP contribution in [0.25, 0.3) is 0 Å². The lowest BCUT2D eigenvalue weighted by molar-refractivity contribution is 0.0892. The van der Waals surface area contributed by atoms with Crippen LogP contribution in [0.4, 0.5) is 0 Å². The van der Waals surface area contributed by atoms with Gasteiger partial charge in [-0.25, -0.2) is 4.98 Å². The van der Waals surface area contributed by atoms with Gasteiger partial charge in [0.2, 0.25) is 5.76 Å². The van der Waals surface area contributed by atoms with Gasteiger partial charge in [0.25, 0.3) is 5.91 Å². The van der Waals surface area contributed by atoms with Crippen LogP contribution in [0.2, 0.25) is 0 Å². The van der Waals surface area contributed by atoms with E-state index in [0.717, 1.165) is 5.33 Å². The number of oxazole rings is 1. The van der Waals surface area contributed by atoms with Gasteiger partial charge < -0.3 is 9.73 Å². The third-order valence-electron chi connectivity index (χ3n) is 3.93. The molecule has 1 fully saturated rings. The molecule has 0 unspecified atom stereocenters. The van der Waals surface area contributed by atoms with E-state index in [1.807, 2.05) is 0 Å². The highest BCUT2D eigenvalue weighted by atomic mass is 79.9. The van der Waals surface area contributed by atoms with Crippen molar-refractivity contribution in [1.82, 2.24) is 10.3 Å². The lowest BCUT2D eigenvalue weighted by atomic mass is 9.75. The Labute approximate surface area is 122 Å². The molecule has 0 aromatic carbocycles. The number of rotatable bonds is 4. The minimum Gasteiger partial charge on any atom is -0.436 e. The molecule has 0 radical (unpaired) electrons. The Balaban J connectivity index is 1.97. The van der Waals surface area contributed by atoms with Crippen LogP contribution in [-0.4, -0.2) is 22.8 Å². The quantitative estimate of drug-likeness (QED) is 0.862. The number of aryl methyl sites for hydroxylation is 2. The van der Waals surface area contributed by atoms with Crippen molar-refractivity contribution in [1.29, 1.82) is 0 Å². The summed E-state index contributed by atoms with van der Waals surface area (Å²) in [6, 6.07) is 0. The molecule has 19 heavy (non-hydrogen) atoms. The van der Waals surface area contributed by atoms with Crippen LogP contribution in [0.3, 0.4) is 0 Å². The molecule has 1 heterocycles. The van der Waals surface area contributed by atoms with Gasteiger partial charge in [-0.3, -0.25) is 4.79 Å². The predicted octanol–water partition coefficient (Wildman–Crippen LogP) is 3.37. The first-order chi connectivity index (χ1) is 9.06. The first kappa shape index (κ1) is 14.6. The molecule has 1 saturated carbocycles. The van der Waals surface area contributed by atoms with E-state index in [4.69, 9.17) is 4.42 Å². The molecular weight excluding hydrogens is 308 g/mol. The number of hydrogen-bond acceptors (Lipinski definition) is 3. The molecule has 1 N–H and O–H groups in total. The second kappa shape index (κ2) is 6.07. The summed E-state index contributed by atoms with van der Waals surface area (Å²) in [4.78, 5) is 16.2. The number of nitrogens with zero attached hydrogens (tertiary/aromatic N) is 1. The Morgan fingerprint density at radius 3 is 2.58 bits per heavy atom.